The highest BCUT2D eigenvalue weighted by molar-refractivity contribution is 7.89. The van der Waals surface area contributed by atoms with Gasteiger partial charge in [-0.1, -0.05) is 17.7 Å². The molecular weight excluding hydrogens is 312 g/mol. The molecule has 0 bridgehead atoms. The zero-order valence-electron chi connectivity index (χ0n) is 13.5. The van der Waals surface area contributed by atoms with Crippen LogP contribution in [0.4, 0.5) is 0 Å². The first-order valence-corrected chi connectivity index (χ1v) is 9.19. The summed E-state index contributed by atoms with van der Waals surface area (Å²) in [5.41, 5.74) is 2.94. The van der Waals surface area contributed by atoms with E-state index in [1.807, 2.05) is 32.0 Å². The molecule has 0 saturated carbocycles. The maximum atomic E-state index is 12.8. The fourth-order valence-corrected chi connectivity index (χ4v) is 4.60. The third-order valence-electron chi connectivity index (χ3n) is 4.23. The van der Waals surface area contributed by atoms with E-state index in [2.05, 4.69) is 15.1 Å². The van der Waals surface area contributed by atoms with Gasteiger partial charge in [-0.05, 0) is 31.5 Å². The zero-order chi connectivity index (χ0) is 16.4. The molecule has 1 aliphatic heterocycles. The number of aryl methyl sites for hydroxylation is 2. The van der Waals surface area contributed by atoms with Crippen LogP contribution in [-0.2, 0) is 16.6 Å². The molecule has 1 N–H and O–H groups in total. The average molecular weight is 334 g/mol. The van der Waals surface area contributed by atoms with E-state index in [9.17, 15) is 8.42 Å². The highest BCUT2D eigenvalue weighted by atomic mass is 32.2. The molecule has 1 aromatic heterocycles. The van der Waals surface area contributed by atoms with Gasteiger partial charge in [0.05, 0.1) is 4.90 Å². The predicted molar refractivity (Wildman–Crippen MR) is 88.5 cm³/mol. The van der Waals surface area contributed by atoms with Gasteiger partial charge in [-0.2, -0.15) is 9.40 Å². The predicted octanol–water partition coefficient (Wildman–Crippen LogP) is 1.53. The number of rotatable bonds is 4. The molecule has 124 valence electrons. The summed E-state index contributed by atoms with van der Waals surface area (Å²) in [5, 5.41) is 6.88. The maximum Gasteiger partial charge on any atom is 0.243 e. The second kappa shape index (κ2) is 6.43. The molecule has 6 nitrogen and oxygen atoms in total. The Morgan fingerprint density at radius 2 is 1.87 bits per heavy atom. The number of hydrogen-bond acceptors (Lipinski definition) is 4. The molecule has 7 heteroatoms. The van der Waals surface area contributed by atoms with Gasteiger partial charge in [0.1, 0.15) is 0 Å². The number of aromatic nitrogens is 2. The van der Waals surface area contributed by atoms with Gasteiger partial charge in [0.2, 0.25) is 10.0 Å². The Hall–Kier alpha value is -1.70. The molecule has 1 saturated heterocycles. The molecule has 23 heavy (non-hydrogen) atoms. The molecule has 0 amide bonds. The molecule has 2 aromatic rings. The smallest absolute Gasteiger partial charge is 0.243 e. The summed E-state index contributed by atoms with van der Waals surface area (Å²) in [7, 11) is -3.41. The van der Waals surface area contributed by atoms with Crippen molar-refractivity contribution >= 4 is 10.0 Å². The second-order valence-corrected chi connectivity index (χ2v) is 7.94. The van der Waals surface area contributed by atoms with Gasteiger partial charge in [-0.15, -0.1) is 0 Å². The monoisotopic (exact) mass is 334 g/mol. The second-order valence-electron chi connectivity index (χ2n) is 6.03. The van der Waals surface area contributed by atoms with Crippen LogP contribution in [0.25, 0.3) is 0 Å². The largest absolute Gasteiger partial charge is 0.295 e. The number of nitrogens with one attached hydrogen (secondary N) is 1. The Bertz CT molecular complexity index is 763. The van der Waals surface area contributed by atoms with Gasteiger partial charge in [-0.25, -0.2) is 8.42 Å². The van der Waals surface area contributed by atoms with E-state index in [1.165, 1.54) is 0 Å². The van der Waals surface area contributed by atoms with Crippen LogP contribution in [-0.4, -0.2) is 54.0 Å². The zero-order valence-corrected chi connectivity index (χ0v) is 14.3. The standard InChI is InChI=1S/C16H22N4O2S/c1-13-3-4-16(14(2)11-13)23(21,22)20-9-7-19(8-10-20)12-15-5-6-17-18-15/h3-6,11H,7-10,12H2,1-2H3,(H,17,18). The van der Waals surface area contributed by atoms with Crippen molar-refractivity contribution in [3.05, 3.63) is 47.3 Å². The highest BCUT2D eigenvalue weighted by Gasteiger charge is 2.29. The van der Waals surface area contributed by atoms with Crippen LogP contribution < -0.4 is 0 Å². The Morgan fingerprint density at radius 3 is 2.48 bits per heavy atom. The topological polar surface area (TPSA) is 69.3 Å². The molecule has 1 aromatic carbocycles. The van der Waals surface area contributed by atoms with Gasteiger partial charge in [0.25, 0.3) is 0 Å². The SMILES string of the molecule is Cc1ccc(S(=O)(=O)N2CCN(Cc3ccn[nH]3)CC2)c(C)c1. The molecule has 0 unspecified atom stereocenters. The molecule has 0 radical (unpaired) electrons. The lowest BCUT2D eigenvalue weighted by molar-refractivity contribution is 0.180. The lowest BCUT2D eigenvalue weighted by Gasteiger charge is -2.33. The Kier molecular flexibility index (Phi) is 4.52. The number of piperazine rings is 1. The number of hydrogen-bond donors (Lipinski definition) is 1. The molecule has 2 heterocycles. The van der Waals surface area contributed by atoms with Crippen LogP contribution in [0.15, 0.2) is 35.4 Å². The summed E-state index contributed by atoms with van der Waals surface area (Å²) in [5.74, 6) is 0. The first-order valence-electron chi connectivity index (χ1n) is 7.75. The van der Waals surface area contributed by atoms with E-state index in [1.54, 1.807) is 16.6 Å². The number of sulfonamides is 1. The van der Waals surface area contributed by atoms with Crippen molar-refractivity contribution in [1.29, 1.82) is 0 Å². The van der Waals surface area contributed by atoms with Crippen LogP contribution in [0.3, 0.4) is 0 Å². The van der Waals surface area contributed by atoms with Crippen LogP contribution in [0.5, 0.6) is 0 Å². The van der Waals surface area contributed by atoms with Crippen LogP contribution in [0, 0.1) is 13.8 Å². The molecule has 3 rings (SSSR count). The van der Waals surface area contributed by atoms with E-state index in [-0.39, 0.29) is 0 Å². The van der Waals surface area contributed by atoms with Crippen molar-refractivity contribution in [3.63, 3.8) is 0 Å². The Morgan fingerprint density at radius 1 is 1.13 bits per heavy atom. The van der Waals surface area contributed by atoms with E-state index in [4.69, 9.17) is 0 Å². The Balaban J connectivity index is 1.68. The maximum absolute atomic E-state index is 12.8. The summed E-state index contributed by atoms with van der Waals surface area (Å²) in [4.78, 5) is 2.66. The number of benzene rings is 1. The summed E-state index contributed by atoms with van der Waals surface area (Å²) in [6.45, 7) is 7.09. The van der Waals surface area contributed by atoms with Gasteiger partial charge in [-0.3, -0.25) is 10.00 Å². The number of H-pyrrole nitrogens is 1. The van der Waals surface area contributed by atoms with E-state index in [0.717, 1.165) is 36.5 Å². The minimum atomic E-state index is -3.41. The highest BCUT2D eigenvalue weighted by Crippen LogP contribution is 2.22. The van der Waals surface area contributed by atoms with Gasteiger partial charge < -0.3 is 0 Å². The van der Waals surface area contributed by atoms with E-state index < -0.39 is 10.0 Å². The van der Waals surface area contributed by atoms with Gasteiger partial charge >= 0.3 is 0 Å². The third kappa shape index (κ3) is 3.46. The van der Waals surface area contributed by atoms with Crippen molar-refractivity contribution in [3.8, 4) is 0 Å². The molecule has 0 spiro atoms. The minimum Gasteiger partial charge on any atom is -0.295 e. The van der Waals surface area contributed by atoms with Crippen molar-refractivity contribution in [2.75, 3.05) is 26.2 Å². The molecule has 0 atom stereocenters. The fourth-order valence-electron chi connectivity index (χ4n) is 2.97. The molecular formula is C16H22N4O2S. The quantitative estimate of drug-likeness (QED) is 0.921. The summed E-state index contributed by atoms with van der Waals surface area (Å²) < 4.78 is 27.3. The summed E-state index contributed by atoms with van der Waals surface area (Å²) >= 11 is 0. The van der Waals surface area contributed by atoms with E-state index >= 15 is 0 Å². The van der Waals surface area contributed by atoms with Gasteiger partial charge in [0, 0.05) is 44.6 Å². The molecule has 0 aliphatic carbocycles. The van der Waals surface area contributed by atoms with Gasteiger partial charge in [0.15, 0.2) is 0 Å². The summed E-state index contributed by atoms with van der Waals surface area (Å²) in [6, 6.07) is 7.44. The third-order valence-corrected chi connectivity index (χ3v) is 6.29. The van der Waals surface area contributed by atoms with Crippen LogP contribution >= 0.6 is 0 Å². The van der Waals surface area contributed by atoms with E-state index in [0.29, 0.717) is 18.0 Å². The van der Waals surface area contributed by atoms with Crippen LogP contribution in [0.2, 0.25) is 0 Å². The molecule has 1 aliphatic rings. The molecule has 1 fully saturated rings. The Labute approximate surface area is 137 Å². The van der Waals surface area contributed by atoms with Crippen molar-refractivity contribution in [2.45, 2.75) is 25.3 Å². The summed E-state index contributed by atoms with van der Waals surface area (Å²) in [6.07, 6.45) is 1.73. The van der Waals surface area contributed by atoms with Crippen molar-refractivity contribution in [2.24, 2.45) is 0 Å². The van der Waals surface area contributed by atoms with Crippen molar-refractivity contribution in [1.82, 2.24) is 19.4 Å². The fraction of sp³-hybridized carbons (Fsp3) is 0.438. The lowest BCUT2D eigenvalue weighted by atomic mass is 10.2. The average Bonchev–Trinajstić information content (AvgIpc) is 3.00. The van der Waals surface area contributed by atoms with Crippen LogP contribution in [0.1, 0.15) is 16.8 Å². The first kappa shape index (κ1) is 16.2. The normalized spacial score (nSPS) is 17.5. The lowest BCUT2D eigenvalue weighted by Crippen LogP contribution is -2.48. The number of nitrogens with zero attached hydrogens (tertiary/aromatic N) is 3. The van der Waals surface area contributed by atoms with Crippen molar-refractivity contribution < 1.29 is 8.42 Å². The first-order chi connectivity index (χ1) is 11.0. The number of aromatic amines is 1. The minimum absolute atomic E-state index is 0.421.